The molecule has 1 heteroatoms. The van der Waals surface area contributed by atoms with Crippen molar-refractivity contribution in [2.24, 2.45) is 0 Å². The van der Waals surface area contributed by atoms with E-state index >= 15 is 0 Å². The average Bonchev–Trinajstić information content (AvgIpc) is 2.39. The molecule has 2 aromatic carbocycles. The Morgan fingerprint density at radius 1 is 1.00 bits per heavy atom. The molecule has 0 radical (unpaired) electrons. The molecule has 0 N–H and O–H groups in total. The van der Waals surface area contributed by atoms with Gasteiger partial charge in [0, 0.05) is 12.0 Å². The topological polar surface area (TPSA) is 17.1 Å². The first-order chi connectivity index (χ1) is 7.81. The van der Waals surface area contributed by atoms with E-state index in [1.54, 1.807) is 0 Å². The molecule has 0 aliphatic rings. The zero-order valence-electron chi connectivity index (χ0n) is 10.2. The molecule has 0 spiro atoms. The molecule has 0 aromatic heterocycles. The maximum Gasteiger partial charge on any atom is 0.162 e. The van der Waals surface area contributed by atoms with Crippen LogP contribution < -0.4 is 0 Å². The summed E-state index contributed by atoms with van der Waals surface area (Å²) >= 11 is 0. The van der Waals surface area contributed by atoms with Gasteiger partial charge in [0.25, 0.3) is 0 Å². The fraction of sp³-hybridized carbons (Fsp3) is 0.267. The predicted molar refractivity (Wildman–Crippen MR) is 69.9 cm³/mol. The first-order valence-electron chi connectivity index (χ1n) is 5.83. The van der Waals surface area contributed by atoms with Gasteiger partial charge in [0.05, 0.1) is 0 Å². The van der Waals surface area contributed by atoms with E-state index in [1.165, 1.54) is 5.39 Å². The van der Waals surface area contributed by atoms with Gasteiger partial charge in [-0.2, -0.15) is 0 Å². The molecule has 0 saturated heterocycles. The summed E-state index contributed by atoms with van der Waals surface area (Å²) in [4.78, 5) is 11.5. The van der Waals surface area contributed by atoms with Gasteiger partial charge in [-0.15, -0.1) is 0 Å². The van der Waals surface area contributed by atoms with Crippen molar-refractivity contribution in [3.8, 4) is 0 Å². The molecule has 0 atom stereocenters. The van der Waals surface area contributed by atoms with Gasteiger partial charge in [-0.3, -0.25) is 4.79 Å². The van der Waals surface area contributed by atoms with Crippen LogP contribution >= 0.6 is 0 Å². The summed E-state index contributed by atoms with van der Waals surface area (Å²) in [7, 11) is 0. The highest BCUT2D eigenvalue weighted by atomic mass is 16.1. The van der Waals surface area contributed by atoms with Crippen LogP contribution in [0.2, 0.25) is 0 Å². The van der Waals surface area contributed by atoms with Crippen molar-refractivity contribution >= 4 is 16.6 Å². The van der Waals surface area contributed by atoms with Gasteiger partial charge in [-0.05, 0) is 16.8 Å². The zero-order valence-corrected chi connectivity index (χ0v) is 10.2. The molecule has 0 aliphatic heterocycles. The largest absolute Gasteiger partial charge is 0.294 e. The van der Waals surface area contributed by atoms with Crippen molar-refractivity contribution in [3.05, 3.63) is 48.0 Å². The Hall–Kier alpha value is -1.63. The fourth-order valence-corrected chi connectivity index (χ4v) is 1.57. The summed E-state index contributed by atoms with van der Waals surface area (Å²) in [5.41, 5.74) is 0.811. The van der Waals surface area contributed by atoms with Gasteiger partial charge in [0.15, 0.2) is 5.78 Å². The molecular formula is C15H18O. The Morgan fingerprint density at radius 2 is 1.62 bits per heavy atom. The molecule has 2 aromatic rings. The second-order valence-electron chi connectivity index (χ2n) is 3.34. The first-order valence-corrected chi connectivity index (χ1v) is 5.83. The van der Waals surface area contributed by atoms with Gasteiger partial charge in [-0.1, -0.05) is 57.2 Å². The molecule has 0 fully saturated rings. The maximum absolute atomic E-state index is 11.5. The van der Waals surface area contributed by atoms with Crippen LogP contribution in [0.4, 0.5) is 0 Å². The third-order valence-corrected chi connectivity index (χ3v) is 2.39. The summed E-state index contributed by atoms with van der Waals surface area (Å²) < 4.78 is 0. The quantitative estimate of drug-likeness (QED) is 0.674. The number of benzene rings is 2. The van der Waals surface area contributed by atoms with E-state index in [1.807, 2.05) is 57.2 Å². The van der Waals surface area contributed by atoms with E-state index in [0.717, 1.165) is 10.9 Å². The minimum atomic E-state index is 0.204. The summed E-state index contributed by atoms with van der Waals surface area (Å²) in [6.45, 7) is 5.89. The molecule has 0 aliphatic carbocycles. The lowest BCUT2D eigenvalue weighted by Gasteiger charge is -2.00. The average molecular weight is 214 g/mol. The van der Waals surface area contributed by atoms with E-state index < -0.39 is 0 Å². The normalized spacial score (nSPS) is 9.44. The number of hydrogen-bond donors (Lipinski definition) is 0. The molecule has 16 heavy (non-hydrogen) atoms. The SMILES string of the molecule is CC.CCC(=O)c1ccc2ccccc2c1. The predicted octanol–water partition coefficient (Wildman–Crippen LogP) is 4.46. The summed E-state index contributed by atoms with van der Waals surface area (Å²) in [5.74, 6) is 0.204. The molecule has 0 bridgehead atoms. The standard InChI is InChI=1S/C13H12O.C2H6/c1-2-13(14)12-8-7-10-5-3-4-6-11(10)9-12;1-2/h3-9H,2H2,1H3;1-2H3. The van der Waals surface area contributed by atoms with Crippen LogP contribution in [0.25, 0.3) is 10.8 Å². The van der Waals surface area contributed by atoms with Gasteiger partial charge in [-0.25, -0.2) is 0 Å². The minimum Gasteiger partial charge on any atom is -0.294 e. The Balaban J connectivity index is 0.000000606. The molecular weight excluding hydrogens is 196 g/mol. The van der Waals surface area contributed by atoms with Crippen LogP contribution in [-0.2, 0) is 0 Å². The van der Waals surface area contributed by atoms with Gasteiger partial charge in [0.1, 0.15) is 0 Å². The highest BCUT2D eigenvalue weighted by molar-refractivity contribution is 5.99. The number of ketones is 1. The molecule has 84 valence electrons. The van der Waals surface area contributed by atoms with Crippen LogP contribution in [0.15, 0.2) is 42.5 Å². The van der Waals surface area contributed by atoms with Crippen molar-refractivity contribution in [2.75, 3.05) is 0 Å². The molecule has 2 rings (SSSR count). The minimum absolute atomic E-state index is 0.204. The van der Waals surface area contributed by atoms with Crippen molar-refractivity contribution in [1.82, 2.24) is 0 Å². The summed E-state index contributed by atoms with van der Waals surface area (Å²) in [6.07, 6.45) is 0.568. The van der Waals surface area contributed by atoms with Gasteiger partial charge in [0.2, 0.25) is 0 Å². The third kappa shape index (κ3) is 2.69. The monoisotopic (exact) mass is 214 g/mol. The lowest BCUT2D eigenvalue weighted by atomic mass is 10.0. The Morgan fingerprint density at radius 3 is 2.25 bits per heavy atom. The molecule has 0 saturated carbocycles. The zero-order chi connectivity index (χ0) is 12.0. The van der Waals surface area contributed by atoms with Crippen molar-refractivity contribution in [1.29, 1.82) is 0 Å². The number of fused-ring (bicyclic) bond motifs is 1. The molecule has 0 heterocycles. The second kappa shape index (κ2) is 6.06. The number of Topliss-reactive ketones (excluding diaryl/α,β-unsaturated/α-hetero) is 1. The lowest BCUT2D eigenvalue weighted by Crippen LogP contribution is -1.95. The third-order valence-electron chi connectivity index (χ3n) is 2.39. The van der Waals surface area contributed by atoms with E-state index in [9.17, 15) is 4.79 Å². The summed E-state index contributed by atoms with van der Waals surface area (Å²) in [6, 6.07) is 13.9. The highest BCUT2D eigenvalue weighted by Gasteiger charge is 2.02. The number of carbonyl (C=O) groups is 1. The van der Waals surface area contributed by atoms with Gasteiger partial charge < -0.3 is 0 Å². The number of carbonyl (C=O) groups excluding carboxylic acids is 1. The van der Waals surface area contributed by atoms with E-state index in [2.05, 4.69) is 6.07 Å². The number of rotatable bonds is 2. The van der Waals surface area contributed by atoms with Crippen LogP contribution in [0.3, 0.4) is 0 Å². The highest BCUT2D eigenvalue weighted by Crippen LogP contribution is 2.16. The maximum atomic E-state index is 11.5. The van der Waals surface area contributed by atoms with E-state index in [4.69, 9.17) is 0 Å². The van der Waals surface area contributed by atoms with Crippen LogP contribution in [0.5, 0.6) is 0 Å². The Bertz CT molecular complexity index is 472. The molecule has 1 nitrogen and oxygen atoms in total. The van der Waals surface area contributed by atoms with Gasteiger partial charge >= 0.3 is 0 Å². The molecule has 0 amide bonds. The van der Waals surface area contributed by atoms with Crippen LogP contribution in [0, 0.1) is 0 Å². The van der Waals surface area contributed by atoms with Crippen molar-refractivity contribution in [3.63, 3.8) is 0 Å². The van der Waals surface area contributed by atoms with Crippen LogP contribution in [0.1, 0.15) is 37.6 Å². The smallest absolute Gasteiger partial charge is 0.162 e. The number of hydrogen-bond acceptors (Lipinski definition) is 1. The van der Waals surface area contributed by atoms with E-state index in [0.29, 0.717) is 6.42 Å². The van der Waals surface area contributed by atoms with Crippen molar-refractivity contribution in [2.45, 2.75) is 27.2 Å². The Kier molecular flexibility index (Phi) is 4.71. The van der Waals surface area contributed by atoms with E-state index in [-0.39, 0.29) is 5.78 Å². The Labute approximate surface area is 97.1 Å². The molecule has 0 unspecified atom stereocenters. The van der Waals surface area contributed by atoms with Crippen molar-refractivity contribution < 1.29 is 4.79 Å². The lowest BCUT2D eigenvalue weighted by molar-refractivity contribution is 0.0988. The second-order valence-corrected chi connectivity index (χ2v) is 3.34. The van der Waals surface area contributed by atoms with Crippen LogP contribution in [-0.4, -0.2) is 5.78 Å². The summed E-state index contributed by atoms with van der Waals surface area (Å²) in [5, 5.41) is 2.31. The first kappa shape index (κ1) is 12.4. The fourth-order valence-electron chi connectivity index (χ4n) is 1.57.